The van der Waals surface area contributed by atoms with Gasteiger partial charge in [0.2, 0.25) is 0 Å². The van der Waals surface area contributed by atoms with Crippen LogP contribution in [0.15, 0.2) is 47.3 Å². The first-order valence-electron chi connectivity index (χ1n) is 5.60. The molecule has 2 aromatic rings. The molecule has 4 nitrogen and oxygen atoms in total. The van der Waals surface area contributed by atoms with E-state index >= 15 is 0 Å². The number of hydrogen-bond donors (Lipinski definition) is 1. The second-order valence-corrected chi connectivity index (χ2v) is 4.18. The van der Waals surface area contributed by atoms with Crippen LogP contribution in [-0.4, -0.2) is 29.9 Å². The third-order valence-electron chi connectivity index (χ3n) is 2.63. The molecule has 0 fully saturated rings. The van der Waals surface area contributed by atoms with Gasteiger partial charge in [-0.05, 0) is 17.7 Å². The number of rotatable bonds is 2. The molecule has 2 rings (SSSR count). The van der Waals surface area contributed by atoms with Gasteiger partial charge in [0.05, 0.1) is 0 Å². The van der Waals surface area contributed by atoms with E-state index in [1.807, 2.05) is 30.3 Å². The molecule has 18 heavy (non-hydrogen) atoms. The number of carbonyl (C=O) groups excluding carboxylic acids is 1. The zero-order chi connectivity index (χ0) is 13.1. The number of amides is 1. The van der Waals surface area contributed by atoms with E-state index in [-0.39, 0.29) is 17.0 Å². The molecule has 0 atom stereocenters. The number of aromatic nitrogens is 1. The smallest absolute Gasteiger partial charge is 0.261 e. The monoisotopic (exact) mass is 242 g/mol. The summed E-state index contributed by atoms with van der Waals surface area (Å²) < 4.78 is 0. The number of nitrogens with zero attached hydrogens (tertiary/aromatic N) is 1. The fraction of sp³-hybridized carbons (Fsp3) is 0.143. The summed E-state index contributed by atoms with van der Waals surface area (Å²) >= 11 is 0. The van der Waals surface area contributed by atoms with Gasteiger partial charge in [0.25, 0.3) is 11.5 Å². The number of nitrogens with one attached hydrogen (secondary N) is 1. The van der Waals surface area contributed by atoms with Crippen molar-refractivity contribution in [1.82, 2.24) is 9.88 Å². The van der Waals surface area contributed by atoms with Crippen LogP contribution in [0.25, 0.3) is 11.3 Å². The number of pyridine rings is 1. The molecule has 92 valence electrons. The van der Waals surface area contributed by atoms with E-state index in [1.54, 1.807) is 26.2 Å². The summed E-state index contributed by atoms with van der Waals surface area (Å²) in [4.78, 5) is 27.7. The van der Waals surface area contributed by atoms with Crippen molar-refractivity contribution in [2.75, 3.05) is 14.1 Å². The largest absolute Gasteiger partial charge is 0.345 e. The highest BCUT2D eigenvalue weighted by Crippen LogP contribution is 2.14. The van der Waals surface area contributed by atoms with Crippen LogP contribution < -0.4 is 5.56 Å². The average Bonchev–Trinajstić information content (AvgIpc) is 2.38. The van der Waals surface area contributed by atoms with Crippen LogP contribution in [0.4, 0.5) is 0 Å². The number of carbonyl (C=O) groups is 1. The fourth-order valence-electron chi connectivity index (χ4n) is 1.67. The quantitative estimate of drug-likeness (QED) is 0.872. The first kappa shape index (κ1) is 12.1. The van der Waals surface area contributed by atoms with Gasteiger partial charge >= 0.3 is 0 Å². The highest BCUT2D eigenvalue weighted by atomic mass is 16.2. The van der Waals surface area contributed by atoms with Crippen LogP contribution in [0.2, 0.25) is 0 Å². The Hall–Kier alpha value is -2.36. The Morgan fingerprint density at radius 1 is 1.06 bits per heavy atom. The summed E-state index contributed by atoms with van der Waals surface area (Å²) in [5, 5.41) is 0. The number of benzene rings is 1. The molecule has 1 N–H and O–H groups in total. The highest BCUT2D eigenvalue weighted by molar-refractivity contribution is 5.93. The standard InChI is InChI=1S/C14H14N2O2/c1-16(2)14(18)11-8-9-12(15-13(11)17)10-6-4-3-5-7-10/h3-9H,1-2H3,(H,15,17). The molecule has 1 amide bonds. The number of H-pyrrole nitrogens is 1. The summed E-state index contributed by atoms with van der Waals surface area (Å²) in [5.74, 6) is -0.295. The van der Waals surface area contributed by atoms with Crippen molar-refractivity contribution >= 4 is 5.91 Å². The van der Waals surface area contributed by atoms with Gasteiger partial charge in [-0.15, -0.1) is 0 Å². The zero-order valence-corrected chi connectivity index (χ0v) is 10.3. The third-order valence-corrected chi connectivity index (χ3v) is 2.63. The van der Waals surface area contributed by atoms with E-state index in [1.165, 1.54) is 4.90 Å². The predicted octanol–water partition coefficient (Wildman–Crippen LogP) is 1.74. The van der Waals surface area contributed by atoms with Crippen molar-refractivity contribution in [2.45, 2.75) is 0 Å². The van der Waals surface area contributed by atoms with Crippen molar-refractivity contribution in [1.29, 1.82) is 0 Å². The summed E-state index contributed by atoms with van der Waals surface area (Å²) in [5.41, 5.74) is 1.41. The van der Waals surface area contributed by atoms with Gasteiger partial charge in [-0.3, -0.25) is 9.59 Å². The van der Waals surface area contributed by atoms with Crippen LogP contribution in [-0.2, 0) is 0 Å². The Morgan fingerprint density at radius 2 is 1.72 bits per heavy atom. The lowest BCUT2D eigenvalue weighted by molar-refractivity contribution is 0.0826. The molecular formula is C14H14N2O2. The molecule has 4 heteroatoms. The summed E-state index contributed by atoms with van der Waals surface area (Å²) in [6.45, 7) is 0. The van der Waals surface area contributed by atoms with Crippen LogP contribution in [0.5, 0.6) is 0 Å². The van der Waals surface area contributed by atoms with Crippen molar-refractivity contribution in [3.8, 4) is 11.3 Å². The Bertz CT molecular complexity index is 615. The minimum atomic E-state index is -0.366. The minimum absolute atomic E-state index is 0.152. The van der Waals surface area contributed by atoms with E-state index in [0.29, 0.717) is 5.69 Å². The van der Waals surface area contributed by atoms with Gasteiger partial charge in [0, 0.05) is 19.8 Å². The van der Waals surface area contributed by atoms with Gasteiger partial charge in [-0.2, -0.15) is 0 Å². The van der Waals surface area contributed by atoms with Gasteiger partial charge in [-0.25, -0.2) is 0 Å². The summed E-state index contributed by atoms with van der Waals surface area (Å²) in [6.07, 6.45) is 0. The van der Waals surface area contributed by atoms with Gasteiger partial charge in [0.15, 0.2) is 0 Å². The molecular weight excluding hydrogens is 228 g/mol. The van der Waals surface area contributed by atoms with E-state index in [4.69, 9.17) is 0 Å². The van der Waals surface area contributed by atoms with Crippen LogP contribution in [0.1, 0.15) is 10.4 Å². The second-order valence-electron chi connectivity index (χ2n) is 4.18. The SMILES string of the molecule is CN(C)C(=O)c1ccc(-c2ccccc2)[nH]c1=O. The summed E-state index contributed by atoms with van der Waals surface area (Å²) in [7, 11) is 3.24. The molecule has 0 radical (unpaired) electrons. The lowest BCUT2D eigenvalue weighted by Crippen LogP contribution is -2.28. The van der Waals surface area contributed by atoms with Crippen LogP contribution in [0.3, 0.4) is 0 Å². The first-order chi connectivity index (χ1) is 8.59. The maximum atomic E-state index is 11.9. The Morgan fingerprint density at radius 3 is 2.28 bits per heavy atom. The number of aromatic amines is 1. The molecule has 0 aliphatic heterocycles. The minimum Gasteiger partial charge on any atom is -0.345 e. The van der Waals surface area contributed by atoms with Crippen LogP contribution >= 0.6 is 0 Å². The molecule has 0 saturated carbocycles. The molecule has 0 spiro atoms. The average molecular weight is 242 g/mol. The first-order valence-corrected chi connectivity index (χ1v) is 5.60. The van der Waals surface area contributed by atoms with Gasteiger partial charge in [0.1, 0.15) is 5.56 Å². The van der Waals surface area contributed by atoms with Crippen LogP contribution in [0, 0.1) is 0 Å². The van der Waals surface area contributed by atoms with Crippen molar-refractivity contribution in [3.63, 3.8) is 0 Å². The molecule has 0 aliphatic rings. The van der Waals surface area contributed by atoms with E-state index in [9.17, 15) is 9.59 Å². The van der Waals surface area contributed by atoms with E-state index in [0.717, 1.165) is 5.56 Å². The molecule has 0 saturated heterocycles. The predicted molar refractivity (Wildman–Crippen MR) is 70.5 cm³/mol. The maximum absolute atomic E-state index is 11.9. The van der Waals surface area contributed by atoms with Crippen molar-refractivity contribution in [2.24, 2.45) is 0 Å². The fourth-order valence-corrected chi connectivity index (χ4v) is 1.67. The second kappa shape index (κ2) is 4.87. The van der Waals surface area contributed by atoms with E-state index < -0.39 is 0 Å². The zero-order valence-electron chi connectivity index (χ0n) is 10.3. The van der Waals surface area contributed by atoms with Crippen molar-refractivity contribution < 1.29 is 4.79 Å². The van der Waals surface area contributed by atoms with E-state index in [2.05, 4.69) is 4.98 Å². The lowest BCUT2D eigenvalue weighted by atomic mass is 10.1. The topological polar surface area (TPSA) is 53.2 Å². The summed E-state index contributed by atoms with van der Waals surface area (Å²) in [6, 6.07) is 12.8. The normalized spacial score (nSPS) is 10.1. The third kappa shape index (κ3) is 2.32. The molecule has 0 bridgehead atoms. The highest BCUT2D eigenvalue weighted by Gasteiger charge is 2.12. The van der Waals surface area contributed by atoms with Gasteiger partial charge < -0.3 is 9.88 Å². The Balaban J connectivity index is 2.43. The maximum Gasteiger partial charge on any atom is 0.261 e. The molecule has 1 heterocycles. The number of hydrogen-bond acceptors (Lipinski definition) is 2. The van der Waals surface area contributed by atoms with Gasteiger partial charge in [-0.1, -0.05) is 30.3 Å². The molecule has 1 aromatic heterocycles. The molecule has 1 aromatic carbocycles. The van der Waals surface area contributed by atoms with Crippen molar-refractivity contribution in [3.05, 3.63) is 58.4 Å². The molecule has 0 unspecified atom stereocenters. The Kier molecular flexibility index (Phi) is 3.28. The Labute approximate surface area is 105 Å². The lowest BCUT2D eigenvalue weighted by Gasteiger charge is -2.09. The molecule has 0 aliphatic carbocycles.